The number of unbranched alkanes of at least 4 members (excludes halogenated alkanes) is 2. The Hall–Kier alpha value is -5.22. The van der Waals surface area contributed by atoms with Crippen molar-refractivity contribution < 1.29 is 14.3 Å². The summed E-state index contributed by atoms with van der Waals surface area (Å²) >= 11 is 0. The summed E-state index contributed by atoms with van der Waals surface area (Å²) in [5.41, 5.74) is 14.2. The Morgan fingerprint density at radius 2 is 1.22 bits per heavy atom. The van der Waals surface area contributed by atoms with E-state index in [1.807, 2.05) is 0 Å². The van der Waals surface area contributed by atoms with Gasteiger partial charge in [0.15, 0.2) is 0 Å². The van der Waals surface area contributed by atoms with Gasteiger partial charge >= 0.3 is 6.09 Å². The summed E-state index contributed by atoms with van der Waals surface area (Å²) in [7, 11) is 1.26. The van der Waals surface area contributed by atoms with Crippen molar-refractivity contribution >= 4 is 44.8 Å². The van der Waals surface area contributed by atoms with E-state index < -0.39 is 6.09 Å². The van der Waals surface area contributed by atoms with Crippen molar-refractivity contribution in [3.05, 3.63) is 84.4 Å². The molecule has 236 valence electrons. The minimum atomic E-state index is -0.623. The van der Waals surface area contributed by atoms with E-state index in [1.165, 1.54) is 23.4 Å². The SMILES string of the molecule is COC(=O)NCC(=O)NCCCCc1nc2ccc(-c3ccc4cc(-c5ccc6nc(CCCCN)[nH]c6c5)ccc4c3)cc2[nH]1. The Labute approximate surface area is 267 Å². The fourth-order valence-corrected chi connectivity index (χ4v) is 5.69. The zero-order valence-corrected chi connectivity index (χ0v) is 26.0. The molecule has 0 atom stereocenters. The van der Waals surface area contributed by atoms with E-state index in [1.54, 1.807) is 0 Å². The molecule has 2 amide bonds. The first-order chi connectivity index (χ1) is 22.5. The number of methoxy groups -OCH3 is 1. The Morgan fingerprint density at radius 3 is 1.76 bits per heavy atom. The Morgan fingerprint density at radius 1 is 0.696 bits per heavy atom. The van der Waals surface area contributed by atoms with Gasteiger partial charge < -0.3 is 31.1 Å². The number of aromatic nitrogens is 4. The van der Waals surface area contributed by atoms with Crippen LogP contribution in [0.15, 0.2) is 72.8 Å². The predicted molar refractivity (Wildman–Crippen MR) is 182 cm³/mol. The van der Waals surface area contributed by atoms with Crippen LogP contribution in [0.1, 0.15) is 37.3 Å². The van der Waals surface area contributed by atoms with Crippen molar-refractivity contribution in [1.29, 1.82) is 0 Å². The summed E-state index contributed by atoms with van der Waals surface area (Å²) in [6.45, 7) is 1.14. The molecule has 10 nitrogen and oxygen atoms in total. The number of nitrogens with zero attached hydrogens (tertiary/aromatic N) is 2. The van der Waals surface area contributed by atoms with Gasteiger partial charge in [0.05, 0.1) is 35.7 Å². The van der Waals surface area contributed by atoms with Crippen LogP contribution in [0.3, 0.4) is 0 Å². The molecule has 0 bridgehead atoms. The highest BCUT2D eigenvalue weighted by molar-refractivity contribution is 5.93. The highest BCUT2D eigenvalue weighted by Gasteiger charge is 2.09. The van der Waals surface area contributed by atoms with E-state index >= 15 is 0 Å². The zero-order valence-electron chi connectivity index (χ0n) is 26.0. The lowest BCUT2D eigenvalue weighted by Gasteiger charge is -2.07. The van der Waals surface area contributed by atoms with Gasteiger partial charge in [0.2, 0.25) is 5.91 Å². The Balaban J connectivity index is 1.08. The fourth-order valence-electron chi connectivity index (χ4n) is 5.69. The van der Waals surface area contributed by atoms with Crippen LogP contribution < -0.4 is 16.4 Å². The molecule has 2 aromatic heterocycles. The van der Waals surface area contributed by atoms with Crippen LogP contribution in [0.2, 0.25) is 0 Å². The lowest BCUT2D eigenvalue weighted by molar-refractivity contribution is -0.120. The quantitative estimate of drug-likeness (QED) is 0.100. The number of H-pyrrole nitrogens is 2. The molecule has 0 aliphatic rings. The van der Waals surface area contributed by atoms with Gasteiger partial charge in [0, 0.05) is 19.4 Å². The molecule has 0 saturated carbocycles. The van der Waals surface area contributed by atoms with Gasteiger partial charge in [-0.1, -0.05) is 36.4 Å². The number of aryl methyl sites for hydroxylation is 2. The second-order valence-electron chi connectivity index (χ2n) is 11.5. The third kappa shape index (κ3) is 7.35. The summed E-state index contributed by atoms with van der Waals surface area (Å²) in [5.74, 6) is 1.70. The minimum Gasteiger partial charge on any atom is -0.453 e. The molecule has 2 heterocycles. The number of amides is 2. The highest BCUT2D eigenvalue weighted by Crippen LogP contribution is 2.31. The number of hydrogen-bond acceptors (Lipinski definition) is 6. The topological polar surface area (TPSA) is 151 Å². The average Bonchev–Trinajstić information content (AvgIpc) is 3.69. The number of hydrogen-bond donors (Lipinski definition) is 5. The summed E-state index contributed by atoms with van der Waals surface area (Å²) < 4.78 is 4.46. The number of benzene rings is 4. The van der Waals surface area contributed by atoms with Gasteiger partial charge in [0.1, 0.15) is 11.6 Å². The summed E-state index contributed by atoms with van der Waals surface area (Å²) in [6, 6.07) is 25.9. The smallest absolute Gasteiger partial charge is 0.407 e. The first-order valence-corrected chi connectivity index (χ1v) is 15.8. The third-order valence-corrected chi connectivity index (χ3v) is 8.18. The molecule has 0 fully saturated rings. The summed E-state index contributed by atoms with van der Waals surface area (Å²) in [4.78, 5) is 39.3. The first kappa shape index (κ1) is 30.8. The maximum atomic E-state index is 11.8. The van der Waals surface area contributed by atoms with Gasteiger partial charge in [-0.25, -0.2) is 14.8 Å². The van der Waals surface area contributed by atoms with Gasteiger partial charge in [-0.15, -0.1) is 0 Å². The normalized spacial score (nSPS) is 11.3. The van der Waals surface area contributed by atoms with Crippen LogP contribution in [0.25, 0.3) is 55.1 Å². The number of carbonyl (C=O) groups excluding carboxylic acids is 2. The number of ether oxygens (including phenoxy) is 1. The molecule has 6 N–H and O–H groups in total. The summed E-state index contributed by atoms with van der Waals surface area (Å²) in [5, 5.41) is 7.53. The molecular weight excluding hydrogens is 578 g/mol. The molecule has 0 radical (unpaired) electrons. The molecule has 0 aliphatic carbocycles. The van der Waals surface area contributed by atoms with E-state index in [2.05, 4.69) is 98.1 Å². The molecule has 6 aromatic rings. The van der Waals surface area contributed by atoms with Crippen molar-refractivity contribution in [1.82, 2.24) is 30.6 Å². The molecule has 4 aromatic carbocycles. The molecule has 0 unspecified atom stereocenters. The third-order valence-electron chi connectivity index (χ3n) is 8.18. The van der Waals surface area contributed by atoms with Crippen LogP contribution in [-0.4, -0.2) is 58.7 Å². The molecule has 46 heavy (non-hydrogen) atoms. The average molecular weight is 618 g/mol. The molecule has 0 spiro atoms. The maximum absolute atomic E-state index is 11.8. The molecule has 6 rings (SSSR count). The number of nitrogens with one attached hydrogen (secondary N) is 4. The van der Waals surface area contributed by atoms with Crippen molar-refractivity contribution in [3.8, 4) is 22.3 Å². The standard InChI is InChI=1S/C36H39N7O3/c1-46-36(45)39-22-35(44)38-17-5-3-7-34-41-30-15-13-28(21-32(30)43-34)26-11-9-23-18-25(10-8-24(23)19-26)27-12-14-29-31(20-27)42-33(40-29)6-2-4-16-37/h8-15,18-21H,2-7,16-17,22,37H2,1H3,(H,38,44)(H,39,45)(H,40,42)(H,41,43). The number of alkyl carbamates (subject to hydrolysis) is 1. The first-order valence-electron chi connectivity index (χ1n) is 15.8. The molecule has 0 aliphatic heterocycles. The maximum Gasteiger partial charge on any atom is 0.407 e. The number of carbonyl (C=O) groups is 2. The second-order valence-corrected chi connectivity index (χ2v) is 11.5. The van der Waals surface area contributed by atoms with E-state index in [9.17, 15) is 9.59 Å². The van der Waals surface area contributed by atoms with E-state index in [-0.39, 0.29) is 12.5 Å². The van der Waals surface area contributed by atoms with Crippen molar-refractivity contribution in [2.24, 2.45) is 5.73 Å². The van der Waals surface area contributed by atoms with E-state index in [4.69, 9.17) is 15.7 Å². The van der Waals surface area contributed by atoms with Crippen LogP contribution in [-0.2, 0) is 22.4 Å². The lowest BCUT2D eigenvalue weighted by Crippen LogP contribution is -2.37. The fraction of sp³-hybridized carbons (Fsp3) is 0.278. The molecular formula is C36H39N7O3. The van der Waals surface area contributed by atoms with Crippen LogP contribution in [0.4, 0.5) is 4.79 Å². The van der Waals surface area contributed by atoms with Crippen LogP contribution >= 0.6 is 0 Å². The van der Waals surface area contributed by atoms with Crippen molar-refractivity contribution in [2.45, 2.75) is 38.5 Å². The van der Waals surface area contributed by atoms with Crippen molar-refractivity contribution in [2.75, 3.05) is 26.7 Å². The number of rotatable bonds is 13. The van der Waals surface area contributed by atoms with Gasteiger partial charge in [-0.3, -0.25) is 4.79 Å². The number of imidazole rings is 2. The van der Waals surface area contributed by atoms with Crippen molar-refractivity contribution in [3.63, 3.8) is 0 Å². The van der Waals surface area contributed by atoms with Gasteiger partial charge in [0.25, 0.3) is 0 Å². The van der Waals surface area contributed by atoms with Gasteiger partial charge in [-0.2, -0.15) is 0 Å². The second kappa shape index (κ2) is 14.3. The monoisotopic (exact) mass is 617 g/mol. The predicted octanol–water partition coefficient (Wildman–Crippen LogP) is 6.00. The molecule has 0 saturated heterocycles. The number of nitrogens with two attached hydrogens (primary N) is 1. The lowest BCUT2D eigenvalue weighted by atomic mass is 9.97. The minimum absolute atomic E-state index is 0.0997. The number of aromatic amines is 2. The van der Waals surface area contributed by atoms with Gasteiger partial charge in [-0.05, 0) is 102 Å². The van der Waals surface area contributed by atoms with Crippen LogP contribution in [0.5, 0.6) is 0 Å². The largest absolute Gasteiger partial charge is 0.453 e. The molecule has 10 heteroatoms. The van der Waals surface area contributed by atoms with E-state index in [0.29, 0.717) is 13.1 Å². The number of fused-ring (bicyclic) bond motifs is 3. The Bertz CT molecular complexity index is 1990. The zero-order chi connectivity index (χ0) is 31.9. The summed E-state index contributed by atoms with van der Waals surface area (Å²) in [6.07, 6.45) is 4.79. The van der Waals surface area contributed by atoms with E-state index in [0.717, 1.165) is 88.9 Å². The highest BCUT2D eigenvalue weighted by atomic mass is 16.5. The Kier molecular flexibility index (Phi) is 9.54. The van der Waals surface area contributed by atoms with Crippen LogP contribution in [0, 0.1) is 0 Å².